The van der Waals surface area contributed by atoms with Gasteiger partial charge in [0.05, 0.1) is 17.8 Å². The molecule has 9 heteroatoms. The molecule has 0 unspecified atom stereocenters. The molecule has 0 bridgehead atoms. The number of aliphatic hydroxyl groups excluding tert-OH is 1. The molecule has 0 saturated heterocycles. The fourth-order valence-corrected chi connectivity index (χ4v) is 3.58. The van der Waals surface area contributed by atoms with E-state index in [0.29, 0.717) is 11.3 Å². The van der Waals surface area contributed by atoms with Crippen molar-refractivity contribution < 1.29 is 19.1 Å². The summed E-state index contributed by atoms with van der Waals surface area (Å²) in [6.45, 7) is 0. The molecule has 7 nitrogen and oxygen atoms in total. The lowest BCUT2D eigenvalue weighted by molar-refractivity contribution is -0.130. The zero-order valence-electron chi connectivity index (χ0n) is 15.1. The second kappa shape index (κ2) is 9.16. The molecular weight excluding hydrogens is 387 g/mol. The lowest BCUT2D eigenvalue weighted by Gasteiger charge is -2.23. The molecule has 1 heterocycles. The third-order valence-electron chi connectivity index (χ3n) is 4.81. The minimum atomic E-state index is -1.20. The van der Waals surface area contributed by atoms with Gasteiger partial charge in [-0.25, -0.2) is 9.37 Å². The highest BCUT2D eigenvalue weighted by atomic mass is 35.5. The van der Waals surface area contributed by atoms with Gasteiger partial charge >= 0.3 is 0 Å². The average molecular weight is 409 g/mol. The number of aromatic amines is 1. The van der Waals surface area contributed by atoms with E-state index in [-0.39, 0.29) is 35.9 Å². The Balaban J connectivity index is 1.51. The molecule has 1 aliphatic carbocycles. The number of amides is 2. The molecule has 1 aromatic carbocycles. The van der Waals surface area contributed by atoms with Gasteiger partial charge in [0, 0.05) is 30.4 Å². The van der Waals surface area contributed by atoms with E-state index in [0.717, 1.165) is 19.3 Å². The molecule has 1 saturated carbocycles. The van der Waals surface area contributed by atoms with Crippen LogP contribution in [0, 0.1) is 5.82 Å². The van der Waals surface area contributed by atoms with Gasteiger partial charge in [0.25, 0.3) is 0 Å². The Morgan fingerprint density at radius 1 is 1.32 bits per heavy atom. The van der Waals surface area contributed by atoms with Gasteiger partial charge in [-0.05, 0) is 37.0 Å². The van der Waals surface area contributed by atoms with E-state index in [4.69, 9.17) is 11.6 Å². The number of rotatable bonds is 7. The standard InChI is InChI=1S/C19H22ClFN4O3/c20-13-6-11(4-5-14(13)21)7-18(27)24-15-2-1-3-16(15)25-19(28)17(26)8-12-9-22-10-23-12/h4-6,9-10,15-17,26H,1-3,7-8H2,(H,22,23)(H,24,27)(H,25,28)/t15-,16+,17+/m0/s1. The van der Waals surface area contributed by atoms with Crippen LogP contribution in [0.3, 0.4) is 0 Å². The lowest BCUT2D eigenvalue weighted by Crippen LogP contribution is -2.51. The van der Waals surface area contributed by atoms with Crippen molar-refractivity contribution in [3.05, 3.63) is 52.8 Å². The van der Waals surface area contributed by atoms with Crippen molar-refractivity contribution in [1.82, 2.24) is 20.6 Å². The SMILES string of the molecule is O=C(Cc1ccc(F)c(Cl)c1)N[C@H]1CCC[C@H]1NC(=O)[C@H](O)Cc1cnc[nH]1. The summed E-state index contributed by atoms with van der Waals surface area (Å²) in [5.74, 6) is -1.24. The second-order valence-electron chi connectivity index (χ2n) is 6.94. The molecule has 2 aromatic rings. The number of aliphatic hydroxyl groups is 1. The van der Waals surface area contributed by atoms with Crippen LogP contribution in [0.1, 0.15) is 30.5 Å². The number of nitrogens with one attached hydrogen (secondary N) is 3. The minimum absolute atomic E-state index is 0.0254. The van der Waals surface area contributed by atoms with E-state index in [1.54, 1.807) is 6.20 Å². The number of benzene rings is 1. The van der Waals surface area contributed by atoms with Crippen molar-refractivity contribution in [2.45, 2.75) is 50.3 Å². The van der Waals surface area contributed by atoms with Gasteiger partial charge in [0.1, 0.15) is 11.9 Å². The molecule has 4 N–H and O–H groups in total. The second-order valence-corrected chi connectivity index (χ2v) is 7.35. The molecule has 1 aliphatic rings. The van der Waals surface area contributed by atoms with Crippen molar-refractivity contribution in [3.8, 4) is 0 Å². The smallest absolute Gasteiger partial charge is 0.249 e. The van der Waals surface area contributed by atoms with Gasteiger partial charge in [-0.2, -0.15) is 0 Å². The van der Waals surface area contributed by atoms with E-state index < -0.39 is 17.8 Å². The van der Waals surface area contributed by atoms with E-state index in [1.165, 1.54) is 24.5 Å². The fraction of sp³-hybridized carbons (Fsp3) is 0.421. The molecule has 1 aromatic heterocycles. The Bertz CT molecular complexity index is 831. The minimum Gasteiger partial charge on any atom is -0.383 e. The number of hydrogen-bond acceptors (Lipinski definition) is 4. The molecule has 3 atom stereocenters. The summed E-state index contributed by atoms with van der Waals surface area (Å²) in [5, 5.41) is 15.8. The summed E-state index contributed by atoms with van der Waals surface area (Å²) < 4.78 is 13.2. The van der Waals surface area contributed by atoms with Gasteiger partial charge in [0.2, 0.25) is 11.8 Å². The van der Waals surface area contributed by atoms with Crippen molar-refractivity contribution >= 4 is 23.4 Å². The third kappa shape index (κ3) is 5.30. The van der Waals surface area contributed by atoms with Crippen LogP contribution in [0.2, 0.25) is 5.02 Å². The van der Waals surface area contributed by atoms with Crippen molar-refractivity contribution in [3.63, 3.8) is 0 Å². The summed E-state index contributed by atoms with van der Waals surface area (Å²) >= 11 is 5.74. The number of H-pyrrole nitrogens is 1. The van der Waals surface area contributed by atoms with Crippen LogP contribution >= 0.6 is 11.6 Å². The number of imidazole rings is 1. The quantitative estimate of drug-likeness (QED) is 0.557. The first-order valence-corrected chi connectivity index (χ1v) is 9.49. The normalized spacial score (nSPS) is 20.0. The van der Waals surface area contributed by atoms with Crippen LogP contribution in [-0.2, 0) is 22.4 Å². The molecule has 1 fully saturated rings. The predicted octanol–water partition coefficient (Wildman–Crippen LogP) is 1.50. The number of nitrogens with zero attached hydrogens (tertiary/aromatic N) is 1. The molecule has 150 valence electrons. The fourth-order valence-electron chi connectivity index (χ4n) is 3.37. The Kier molecular flexibility index (Phi) is 6.64. The number of carbonyl (C=O) groups excluding carboxylic acids is 2. The maximum Gasteiger partial charge on any atom is 0.249 e. The molecule has 28 heavy (non-hydrogen) atoms. The first-order valence-electron chi connectivity index (χ1n) is 9.11. The predicted molar refractivity (Wildman–Crippen MR) is 101 cm³/mol. The average Bonchev–Trinajstić information content (AvgIpc) is 3.30. The van der Waals surface area contributed by atoms with Crippen LogP contribution in [0.25, 0.3) is 0 Å². The van der Waals surface area contributed by atoms with Crippen molar-refractivity contribution in [2.75, 3.05) is 0 Å². The maximum absolute atomic E-state index is 13.2. The number of halogens is 2. The van der Waals surface area contributed by atoms with Crippen molar-refractivity contribution in [1.29, 1.82) is 0 Å². The van der Waals surface area contributed by atoms with E-state index in [1.807, 2.05) is 0 Å². The molecule has 0 aliphatic heterocycles. The highest BCUT2D eigenvalue weighted by molar-refractivity contribution is 6.30. The van der Waals surface area contributed by atoms with E-state index >= 15 is 0 Å². The van der Waals surface area contributed by atoms with Crippen LogP contribution < -0.4 is 10.6 Å². The third-order valence-corrected chi connectivity index (χ3v) is 5.10. The monoisotopic (exact) mass is 408 g/mol. The molecule has 3 rings (SSSR count). The topological polar surface area (TPSA) is 107 Å². The number of aromatic nitrogens is 2. The summed E-state index contributed by atoms with van der Waals surface area (Å²) in [5.41, 5.74) is 1.27. The lowest BCUT2D eigenvalue weighted by atomic mass is 10.1. The molecule has 2 amide bonds. The number of carbonyl (C=O) groups is 2. The van der Waals surface area contributed by atoms with Crippen LogP contribution in [0.5, 0.6) is 0 Å². The summed E-state index contributed by atoms with van der Waals surface area (Å²) in [6, 6.07) is 3.71. The Morgan fingerprint density at radius 3 is 2.75 bits per heavy atom. The van der Waals surface area contributed by atoms with Gasteiger partial charge < -0.3 is 20.7 Å². The molecule has 0 spiro atoms. The highest BCUT2D eigenvalue weighted by Gasteiger charge is 2.31. The highest BCUT2D eigenvalue weighted by Crippen LogP contribution is 2.20. The van der Waals surface area contributed by atoms with Gasteiger partial charge in [-0.1, -0.05) is 17.7 Å². The summed E-state index contributed by atoms with van der Waals surface area (Å²) in [6.07, 6.45) is 4.36. The maximum atomic E-state index is 13.2. The zero-order chi connectivity index (χ0) is 20.1. The molecule has 0 radical (unpaired) electrons. The van der Waals surface area contributed by atoms with Crippen LogP contribution in [0.4, 0.5) is 4.39 Å². The van der Waals surface area contributed by atoms with E-state index in [2.05, 4.69) is 20.6 Å². The summed E-state index contributed by atoms with van der Waals surface area (Å²) in [4.78, 5) is 31.3. The van der Waals surface area contributed by atoms with E-state index in [9.17, 15) is 19.1 Å². The Morgan fingerprint density at radius 2 is 2.07 bits per heavy atom. The van der Waals surface area contributed by atoms with Crippen molar-refractivity contribution in [2.24, 2.45) is 0 Å². The number of hydrogen-bond donors (Lipinski definition) is 4. The van der Waals surface area contributed by atoms with Gasteiger partial charge in [-0.3, -0.25) is 9.59 Å². The Hall–Kier alpha value is -2.45. The van der Waals surface area contributed by atoms with Crippen LogP contribution in [0.15, 0.2) is 30.7 Å². The summed E-state index contributed by atoms with van der Waals surface area (Å²) in [7, 11) is 0. The first-order chi connectivity index (χ1) is 13.4. The molecular formula is C19H22ClFN4O3. The first kappa shape index (κ1) is 20.3. The van der Waals surface area contributed by atoms with Gasteiger partial charge in [0.15, 0.2) is 0 Å². The largest absolute Gasteiger partial charge is 0.383 e. The zero-order valence-corrected chi connectivity index (χ0v) is 15.9. The Labute approximate surface area is 166 Å². The van der Waals surface area contributed by atoms with Gasteiger partial charge in [-0.15, -0.1) is 0 Å². The van der Waals surface area contributed by atoms with Crippen LogP contribution in [-0.4, -0.2) is 45.1 Å².